The highest BCUT2D eigenvalue weighted by Gasteiger charge is 2.49. The molecule has 4 saturated carbocycles. The number of quaternary nitrogens is 1. The molecule has 2 N–H and O–H groups in total. The van der Waals surface area contributed by atoms with Crippen molar-refractivity contribution in [3.63, 3.8) is 0 Å². The van der Waals surface area contributed by atoms with E-state index in [0.29, 0.717) is 0 Å². The van der Waals surface area contributed by atoms with Crippen molar-refractivity contribution < 1.29 is 10.1 Å². The molecule has 0 atom stereocenters. The maximum atomic E-state index is 5.32. The monoisotopic (exact) mass is 286 g/mol. The number of benzene rings is 1. The minimum Gasteiger partial charge on any atom is -0.497 e. The lowest BCUT2D eigenvalue weighted by atomic mass is 9.54. The first-order chi connectivity index (χ1) is 10.3. The van der Waals surface area contributed by atoms with Crippen LogP contribution in [0.25, 0.3) is 0 Å². The molecule has 0 saturated heterocycles. The van der Waals surface area contributed by atoms with Gasteiger partial charge >= 0.3 is 0 Å². The smallest absolute Gasteiger partial charge is 0.119 e. The fourth-order valence-electron chi connectivity index (χ4n) is 5.62. The lowest BCUT2D eigenvalue weighted by Gasteiger charge is -2.52. The predicted molar refractivity (Wildman–Crippen MR) is 84.3 cm³/mol. The van der Waals surface area contributed by atoms with Crippen LogP contribution >= 0.6 is 0 Å². The Hall–Kier alpha value is -1.02. The second-order valence-electron chi connectivity index (χ2n) is 7.63. The topological polar surface area (TPSA) is 25.8 Å². The molecule has 4 aliphatic rings. The SMILES string of the molecule is COc1cccc(CC[NH2+]C2C3CC4CC(C3)CC2C4)c1. The minimum atomic E-state index is 0.934. The van der Waals surface area contributed by atoms with Gasteiger partial charge in [0.15, 0.2) is 0 Å². The van der Waals surface area contributed by atoms with Crippen molar-refractivity contribution in [2.24, 2.45) is 23.7 Å². The highest BCUT2D eigenvalue weighted by atomic mass is 16.5. The minimum absolute atomic E-state index is 0.934. The molecule has 2 heteroatoms. The Balaban J connectivity index is 1.33. The zero-order chi connectivity index (χ0) is 14.2. The van der Waals surface area contributed by atoms with Crippen LogP contribution in [-0.2, 0) is 6.42 Å². The summed E-state index contributed by atoms with van der Waals surface area (Å²) in [6.07, 6.45) is 8.87. The summed E-state index contributed by atoms with van der Waals surface area (Å²) in [5.41, 5.74) is 1.41. The van der Waals surface area contributed by atoms with Gasteiger partial charge in [0, 0.05) is 18.3 Å². The van der Waals surface area contributed by atoms with E-state index in [9.17, 15) is 0 Å². The van der Waals surface area contributed by atoms with E-state index in [2.05, 4.69) is 23.5 Å². The third kappa shape index (κ3) is 2.70. The van der Waals surface area contributed by atoms with Gasteiger partial charge in [-0.05, 0) is 61.6 Å². The molecule has 0 heterocycles. The molecular weight excluding hydrogens is 258 g/mol. The molecule has 4 bridgehead atoms. The normalized spacial score (nSPS) is 36.9. The van der Waals surface area contributed by atoms with Gasteiger partial charge in [-0.1, -0.05) is 12.1 Å². The Morgan fingerprint density at radius 3 is 2.43 bits per heavy atom. The van der Waals surface area contributed by atoms with Gasteiger partial charge in [0.25, 0.3) is 0 Å². The van der Waals surface area contributed by atoms with Crippen LogP contribution in [0.2, 0.25) is 0 Å². The van der Waals surface area contributed by atoms with Crippen LogP contribution in [0, 0.1) is 23.7 Å². The second-order valence-corrected chi connectivity index (χ2v) is 7.63. The summed E-state index contributed by atoms with van der Waals surface area (Å²) < 4.78 is 5.32. The van der Waals surface area contributed by atoms with Gasteiger partial charge in [-0.3, -0.25) is 0 Å². The van der Waals surface area contributed by atoms with Crippen molar-refractivity contribution in [1.29, 1.82) is 0 Å². The molecule has 0 spiro atoms. The van der Waals surface area contributed by atoms with E-state index < -0.39 is 0 Å². The average Bonchev–Trinajstić information content (AvgIpc) is 2.49. The first-order valence-electron chi connectivity index (χ1n) is 8.78. The van der Waals surface area contributed by atoms with Crippen LogP contribution in [-0.4, -0.2) is 19.7 Å². The lowest BCUT2D eigenvalue weighted by Crippen LogP contribution is -2.94. The molecule has 1 aromatic carbocycles. The van der Waals surface area contributed by atoms with Crippen LogP contribution in [0.15, 0.2) is 24.3 Å². The molecule has 0 radical (unpaired) electrons. The lowest BCUT2D eigenvalue weighted by molar-refractivity contribution is -0.708. The van der Waals surface area contributed by atoms with Crippen molar-refractivity contribution in [1.82, 2.24) is 0 Å². The molecule has 0 aliphatic heterocycles. The third-order valence-corrected chi connectivity index (χ3v) is 6.31. The number of hydrogen-bond donors (Lipinski definition) is 1. The van der Waals surface area contributed by atoms with E-state index >= 15 is 0 Å². The molecule has 5 rings (SSSR count). The second kappa shape index (κ2) is 5.64. The largest absolute Gasteiger partial charge is 0.497 e. The first kappa shape index (κ1) is 13.6. The van der Waals surface area contributed by atoms with Crippen molar-refractivity contribution in [3.8, 4) is 5.75 Å². The average molecular weight is 286 g/mol. The zero-order valence-corrected chi connectivity index (χ0v) is 13.1. The van der Waals surface area contributed by atoms with Gasteiger partial charge in [0.1, 0.15) is 5.75 Å². The van der Waals surface area contributed by atoms with E-state index in [4.69, 9.17) is 4.74 Å². The molecule has 2 nitrogen and oxygen atoms in total. The predicted octanol–water partition coefficient (Wildman–Crippen LogP) is 2.63. The number of hydrogen-bond acceptors (Lipinski definition) is 1. The summed E-state index contributed by atoms with van der Waals surface area (Å²) in [5.74, 6) is 5.24. The van der Waals surface area contributed by atoms with E-state index in [1.54, 1.807) is 13.5 Å². The highest BCUT2D eigenvalue weighted by molar-refractivity contribution is 5.28. The Kier molecular flexibility index (Phi) is 3.66. The van der Waals surface area contributed by atoms with E-state index in [0.717, 1.165) is 35.5 Å². The van der Waals surface area contributed by atoms with E-state index in [-0.39, 0.29) is 0 Å². The quantitative estimate of drug-likeness (QED) is 0.884. The maximum Gasteiger partial charge on any atom is 0.119 e. The molecule has 4 fully saturated rings. The van der Waals surface area contributed by atoms with E-state index in [1.165, 1.54) is 44.2 Å². The molecule has 4 aliphatic carbocycles. The van der Waals surface area contributed by atoms with Crippen LogP contribution < -0.4 is 10.1 Å². The summed E-state index contributed by atoms with van der Waals surface area (Å²) in [5, 5.41) is 2.69. The highest BCUT2D eigenvalue weighted by Crippen LogP contribution is 2.52. The maximum absolute atomic E-state index is 5.32. The van der Waals surface area contributed by atoms with Crippen LogP contribution in [0.4, 0.5) is 0 Å². The van der Waals surface area contributed by atoms with Crippen molar-refractivity contribution >= 4 is 0 Å². The summed E-state index contributed by atoms with van der Waals surface area (Å²) in [6, 6.07) is 9.49. The standard InChI is InChI=1S/C19H27NO/c1-21-18-4-2-3-13(12-18)5-6-20-19-16-8-14-7-15(10-16)11-17(19)9-14/h2-4,12,14-17,19-20H,5-11H2,1H3/p+1. The summed E-state index contributed by atoms with van der Waals surface area (Å²) in [7, 11) is 1.75. The van der Waals surface area contributed by atoms with E-state index in [1.807, 2.05) is 6.07 Å². The van der Waals surface area contributed by atoms with Crippen LogP contribution in [0.5, 0.6) is 5.75 Å². The first-order valence-corrected chi connectivity index (χ1v) is 8.78. The fourth-order valence-corrected chi connectivity index (χ4v) is 5.62. The number of rotatable bonds is 5. The molecular formula is C19H28NO+. The molecule has 0 aromatic heterocycles. The molecule has 0 amide bonds. The fraction of sp³-hybridized carbons (Fsp3) is 0.684. The summed E-state index contributed by atoms with van der Waals surface area (Å²) in [4.78, 5) is 0. The van der Waals surface area contributed by atoms with Gasteiger partial charge < -0.3 is 10.1 Å². The Labute approximate surface area is 128 Å². The molecule has 21 heavy (non-hydrogen) atoms. The molecule has 1 aromatic rings. The third-order valence-electron chi connectivity index (χ3n) is 6.31. The Morgan fingerprint density at radius 1 is 1.05 bits per heavy atom. The number of nitrogens with two attached hydrogens (primary N) is 1. The number of ether oxygens (including phenoxy) is 1. The van der Waals surface area contributed by atoms with Gasteiger partial charge in [-0.15, -0.1) is 0 Å². The van der Waals surface area contributed by atoms with Crippen molar-refractivity contribution in [3.05, 3.63) is 29.8 Å². The van der Waals surface area contributed by atoms with Crippen LogP contribution in [0.1, 0.15) is 37.7 Å². The van der Waals surface area contributed by atoms with Gasteiger partial charge in [0.2, 0.25) is 0 Å². The Morgan fingerprint density at radius 2 is 1.76 bits per heavy atom. The van der Waals surface area contributed by atoms with Gasteiger partial charge in [-0.25, -0.2) is 0 Å². The zero-order valence-electron chi connectivity index (χ0n) is 13.1. The van der Waals surface area contributed by atoms with Gasteiger partial charge in [-0.2, -0.15) is 0 Å². The number of methoxy groups -OCH3 is 1. The van der Waals surface area contributed by atoms with Gasteiger partial charge in [0.05, 0.1) is 19.7 Å². The Bertz CT molecular complexity index is 470. The van der Waals surface area contributed by atoms with Crippen LogP contribution in [0.3, 0.4) is 0 Å². The molecule has 114 valence electrons. The van der Waals surface area contributed by atoms with Crippen molar-refractivity contribution in [2.75, 3.05) is 13.7 Å². The summed E-state index contributed by atoms with van der Waals surface area (Å²) in [6.45, 7) is 1.24. The van der Waals surface area contributed by atoms with Crippen molar-refractivity contribution in [2.45, 2.75) is 44.6 Å². The molecule has 0 unspecified atom stereocenters. The summed E-state index contributed by atoms with van der Waals surface area (Å²) >= 11 is 0.